The Morgan fingerprint density at radius 2 is 2.04 bits per heavy atom. The van der Waals surface area contributed by atoms with E-state index < -0.39 is 0 Å². The van der Waals surface area contributed by atoms with E-state index in [4.69, 9.17) is 14.0 Å². The second-order valence-electron chi connectivity index (χ2n) is 6.48. The third-order valence-electron chi connectivity index (χ3n) is 4.27. The molecule has 0 saturated heterocycles. The van der Waals surface area contributed by atoms with Crippen molar-refractivity contribution in [3.05, 3.63) is 59.6 Å². The van der Waals surface area contributed by atoms with Gasteiger partial charge in [-0.25, -0.2) is 4.98 Å². The molecule has 138 valence electrons. The molecule has 0 atom stereocenters. The summed E-state index contributed by atoms with van der Waals surface area (Å²) in [6.07, 6.45) is 3.70. The minimum Gasteiger partial charge on any atom is -0.493 e. The van der Waals surface area contributed by atoms with Crippen LogP contribution in [0, 0.1) is 6.92 Å². The van der Waals surface area contributed by atoms with Crippen LogP contribution in [-0.4, -0.2) is 23.2 Å². The minimum absolute atomic E-state index is 0.265. The predicted octanol–water partition coefficient (Wildman–Crippen LogP) is 4.31. The summed E-state index contributed by atoms with van der Waals surface area (Å²) in [6, 6.07) is 10.7. The molecular formula is C20H19N3O4. The van der Waals surface area contributed by atoms with Crippen molar-refractivity contribution in [3.8, 4) is 17.4 Å². The Bertz CT molecular complexity index is 962. The fourth-order valence-corrected chi connectivity index (χ4v) is 2.64. The van der Waals surface area contributed by atoms with Crippen molar-refractivity contribution in [2.45, 2.75) is 25.7 Å². The number of carbonyl (C=O) groups is 1. The minimum atomic E-state index is -0.332. The average Bonchev–Trinajstić information content (AvgIpc) is 3.41. The highest BCUT2D eigenvalue weighted by Crippen LogP contribution is 2.40. The summed E-state index contributed by atoms with van der Waals surface area (Å²) < 4.78 is 16.3. The number of amides is 1. The Kier molecular flexibility index (Phi) is 4.50. The van der Waals surface area contributed by atoms with Crippen LogP contribution in [-0.2, 0) is 0 Å². The number of nitrogens with one attached hydrogen (secondary N) is 1. The first-order valence-electron chi connectivity index (χ1n) is 8.69. The molecule has 27 heavy (non-hydrogen) atoms. The normalized spacial score (nSPS) is 13.3. The van der Waals surface area contributed by atoms with Gasteiger partial charge in [0, 0.05) is 18.1 Å². The molecule has 1 saturated carbocycles. The number of benzene rings is 1. The second kappa shape index (κ2) is 7.11. The van der Waals surface area contributed by atoms with Gasteiger partial charge in [-0.1, -0.05) is 11.2 Å². The smallest absolute Gasteiger partial charge is 0.277 e. The standard InChI is InChI=1S/C20H19N3O4/c1-12-3-7-16(18(9-12)25-2)26-19-8-6-14(11-21-19)22-20(24)15-10-17(27-23-15)13-4-5-13/h3,6-11,13H,4-5H2,1-2H3,(H,22,24). The van der Waals surface area contributed by atoms with Crippen LogP contribution in [0.4, 0.5) is 5.69 Å². The molecule has 1 aliphatic carbocycles. The highest BCUT2D eigenvalue weighted by atomic mass is 16.5. The maximum Gasteiger partial charge on any atom is 0.277 e. The molecule has 4 rings (SSSR count). The molecule has 1 aliphatic rings. The number of methoxy groups -OCH3 is 1. The quantitative estimate of drug-likeness (QED) is 0.700. The SMILES string of the molecule is COc1cc(C)ccc1Oc1ccc(NC(=O)c2cc(C3CC3)on2)cn1. The first-order chi connectivity index (χ1) is 13.1. The first-order valence-corrected chi connectivity index (χ1v) is 8.69. The summed E-state index contributed by atoms with van der Waals surface area (Å²) in [5, 5.41) is 6.57. The van der Waals surface area contributed by atoms with Crippen molar-refractivity contribution in [1.29, 1.82) is 0 Å². The first kappa shape index (κ1) is 17.1. The lowest BCUT2D eigenvalue weighted by Crippen LogP contribution is -2.12. The van der Waals surface area contributed by atoms with Gasteiger partial charge in [-0.05, 0) is 43.5 Å². The van der Waals surface area contributed by atoms with E-state index in [-0.39, 0.29) is 11.6 Å². The fraction of sp³-hybridized carbons (Fsp3) is 0.250. The molecule has 0 aliphatic heterocycles. The van der Waals surface area contributed by atoms with Crippen LogP contribution in [0.5, 0.6) is 17.4 Å². The van der Waals surface area contributed by atoms with Gasteiger partial charge in [-0.15, -0.1) is 0 Å². The van der Waals surface area contributed by atoms with E-state index in [9.17, 15) is 4.79 Å². The molecule has 0 radical (unpaired) electrons. The molecule has 1 fully saturated rings. The average molecular weight is 365 g/mol. The largest absolute Gasteiger partial charge is 0.493 e. The number of aryl methyl sites for hydroxylation is 1. The lowest BCUT2D eigenvalue weighted by molar-refractivity contribution is 0.101. The van der Waals surface area contributed by atoms with Crippen LogP contribution in [0.2, 0.25) is 0 Å². The van der Waals surface area contributed by atoms with Crippen molar-refractivity contribution >= 4 is 11.6 Å². The Hall–Kier alpha value is -3.35. The molecular weight excluding hydrogens is 346 g/mol. The van der Waals surface area contributed by atoms with Gasteiger partial charge in [0.05, 0.1) is 19.0 Å². The lowest BCUT2D eigenvalue weighted by Gasteiger charge is -2.10. The highest BCUT2D eigenvalue weighted by molar-refractivity contribution is 6.02. The fourth-order valence-electron chi connectivity index (χ4n) is 2.64. The summed E-state index contributed by atoms with van der Waals surface area (Å²) in [7, 11) is 1.59. The highest BCUT2D eigenvalue weighted by Gasteiger charge is 2.28. The van der Waals surface area contributed by atoms with Crippen LogP contribution in [0.25, 0.3) is 0 Å². The van der Waals surface area contributed by atoms with E-state index in [1.807, 2.05) is 25.1 Å². The van der Waals surface area contributed by atoms with Crippen LogP contribution in [0.3, 0.4) is 0 Å². The van der Waals surface area contributed by atoms with Gasteiger partial charge in [0.2, 0.25) is 5.88 Å². The molecule has 2 aromatic heterocycles. The second-order valence-corrected chi connectivity index (χ2v) is 6.48. The van der Waals surface area contributed by atoms with Gasteiger partial charge in [-0.2, -0.15) is 0 Å². The summed E-state index contributed by atoms with van der Waals surface area (Å²) >= 11 is 0. The molecule has 1 amide bonds. The molecule has 0 bridgehead atoms. The van der Waals surface area contributed by atoms with Crippen LogP contribution in [0.1, 0.15) is 40.6 Å². The Balaban J connectivity index is 1.41. The summed E-state index contributed by atoms with van der Waals surface area (Å²) in [5.41, 5.74) is 1.88. The predicted molar refractivity (Wildman–Crippen MR) is 98.5 cm³/mol. The van der Waals surface area contributed by atoms with E-state index in [1.165, 1.54) is 6.20 Å². The molecule has 0 unspecified atom stereocenters. The Morgan fingerprint density at radius 1 is 1.19 bits per heavy atom. The number of rotatable bonds is 6. The van der Waals surface area contributed by atoms with Gasteiger partial charge in [0.25, 0.3) is 5.91 Å². The zero-order valence-corrected chi connectivity index (χ0v) is 15.1. The number of anilines is 1. The molecule has 7 nitrogen and oxygen atoms in total. The van der Waals surface area contributed by atoms with Crippen LogP contribution in [0.15, 0.2) is 47.1 Å². The van der Waals surface area contributed by atoms with E-state index in [0.717, 1.165) is 24.2 Å². The molecule has 2 heterocycles. The number of hydrogen-bond donors (Lipinski definition) is 1. The van der Waals surface area contributed by atoms with Gasteiger partial charge >= 0.3 is 0 Å². The number of carbonyl (C=O) groups excluding carboxylic acids is 1. The molecule has 1 aromatic carbocycles. The molecule has 3 aromatic rings. The van der Waals surface area contributed by atoms with Crippen molar-refractivity contribution in [2.24, 2.45) is 0 Å². The maximum absolute atomic E-state index is 12.3. The monoisotopic (exact) mass is 365 g/mol. The van der Waals surface area contributed by atoms with E-state index in [2.05, 4.69) is 15.5 Å². The topological polar surface area (TPSA) is 86.5 Å². The van der Waals surface area contributed by atoms with E-state index in [1.54, 1.807) is 25.3 Å². The lowest BCUT2D eigenvalue weighted by atomic mass is 10.2. The zero-order valence-electron chi connectivity index (χ0n) is 15.1. The summed E-state index contributed by atoms with van der Waals surface area (Å²) in [6.45, 7) is 1.98. The van der Waals surface area contributed by atoms with Gasteiger partial charge in [-0.3, -0.25) is 4.79 Å². The van der Waals surface area contributed by atoms with Crippen molar-refractivity contribution in [2.75, 3.05) is 12.4 Å². The molecule has 7 heteroatoms. The number of ether oxygens (including phenoxy) is 2. The summed E-state index contributed by atoms with van der Waals surface area (Å²) in [5.74, 6) is 2.45. The number of pyridine rings is 1. The van der Waals surface area contributed by atoms with Crippen molar-refractivity contribution < 1.29 is 18.8 Å². The van der Waals surface area contributed by atoms with Gasteiger partial charge in [0.15, 0.2) is 17.2 Å². The molecule has 0 spiro atoms. The summed E-state index contributed by atoms with van der Waals surface area (Å²) in [4.78, 5) is 16.5. The zero-order chi connectivity index (χ0) is 18.8. The van der Waals surface area contributed by atoms with Crippen LogP contribution < -0.4 is 14.8 Å². The van der Waals surface area contributed by atoms with Crippen LogP contribution >= 0.6 is 0 Å². The van der Waals surface area contributed by atoms with E-state index in [0.29, 0.717) is 29.0 Å². The van der Waals surface area contributed by atoms with Gasteiger partial charge in [0.1, 0.15) is 5.76 Å². The van der Waals surface area contributed by atoms with Gasteiger partial charge < -0.3 is 19.3 Å². The van der Waals surface area contributed by atoms with Crippen molar-refractivity contribution in [3.63, 3.8) is 0 Å². The third-order valence-corrected chi connectivity index (χ3v) is 4.27. The third kappa shape index (κ3) is 3.92. The number of hydrogen-bond acceptors (Lipinski definition) is 6. The maximum atomic E-state index is 12.3. The van der Waals surface area contributed by atoms with E-state index >= 15 is 0 Å². The molecule has 1 N–H and O–H groups in total. The Morgan fingerprint density at radius 3 is 2.74 bits per heavy atom. The number of nitrogens with zero attached hydrogens (tertiary/aromatic N) is 2. The number of aromatic nitrogens is 2. The van der Waals surface area contributed by atoms with Crippen molar-refractivity contribution in [1.82, 2.24) is 10.1 Å². The Labute approximate surface area is 156 Å².